The Hall–Kier alpha value is -0.770. The van der Waals surface area contributed by atoms with E-state index < -0.39 is 5.60 Å². The fraction of sp³-hybridized carbons (Fsp3) is 0.923. The lowest BCUT2D eigenvalue weighted by Gasteiger charge is -2.29. The molecule has 3 fully saturated rings. The van der Waals surface area contributed by atoms with E-state index in [0.717, 1.165) is 19.4 Å². The first-order valence-electron chi connectivity index (χ1n) is 6.55. The van der Waals surface area contributed by atoms with Crippen LogP contribution in [0, 0.1) is 5.41 Å². The number of nitrogens with two attached hydrogens (primary N) is 1. The highest BCUT2D eigenvalue weighted by molar-refractivity contribution is 5.71. The first kappa shape index (κ1) is 11.3. The van der Waals surface area contributed by atoms with E-state index >= 15 is 0 Å². The van der Waals surface area contributed by atoms with E-state index in [1.807, 2.05) is 25.7 Å². The minimum atomic E-state index is -0.420. The first-order valence-corrected chi connectivity index (χ1v) is 6.55. The zero-order valence-corrected chi connectivity index (χ0v) is 11.0. The van der Waals surface area contributed by atoms with Crippen molar-refractivity contribution in [3.8, 4) is 0 Å². The van der Waals surface area contributed by atoms with Gasteiger partial charge >= 0.3 is 6.09 Å². The van der Waals surface area contributed by atoms with Gasteiger partial charge in [-0.1, -0.05) is 0 Å². The number of amides is 1. The Kier molecular flexibility index (Phi) is 1.98. The average molecular weight is 238 g/mol. The number of likely N-dealkylation sites (tertiary alicyclic amines) is 1. The van der Waals surface area contributed by atoms with Crippen LogP contribution in [0.3, 0.4) is 0 Å². The molecular formula is C13H22N2O2. The van der Waals surface area contributed by atoms with Gasteiger partial charge in [-0.3, -0.25) is 0 Å². The van der Waals surface area contributed by atoms with Crippen LogP contribution in [-0.2, 0) is 4.74 Å². The normalized spacial score (nSPS) is 32.0. The molecule has 0 aromatic heterocycles. The van der Waals surface area contributed by atoms with Gasteiger partial charge in [0.25, 0.3) is 0 Å². The van der Waals surface area contributed by atoms with E-state index in [1.165, 1.54) is 12.8 Å². The molecule has 2 N–H and O–H groups in total. The number of hydrogen-bond donors (Lipinski definition) is 1. The quantitative estimate of drug-likeness (QED) is 0.701. The number of carbonyl (C=O) groups excluding carboxylic acids is 1. The van der Waals surface area contributed by atoms with E-state index in [0.29, 0.717) is 0 Å². The van der Waals surface area contributed by atoms with Gasteiger partial charge < -0.3 is 15.4 Å². The predicted octanol–water partition coefficient (Wildman–Crippen LogP) is 1.88. The van der Waals surface area contributed by atoms with Crippen molar-refractivity contribution in [3.63, 3.8) is 0 Å². The fourth-order valence-corrected chi connectivity index (χ4v) is 3.21. The van der Waals surface area contributed by atoms with Crippen molar-refractivity contribution >= 4 is 6.09 Å². The number of nitrogens with zero attached hydrogens (tertiary/aromatic N) is 1. The third-order valence-corrected chi connectivity index (χ3v) is 4.52. The molecule has 3 aliphatic rings. The second-order valence-electron chi connectivity index (χ2n) is 7.01. The molecule has 1 saturated heterocycles. The second-order valence-corrected chi connectivity index (χ2v) is 7.01. The zero-order chi connectivity index (χ0) is 12.5. The Balaban J connectivity index is 1.78. The molecule has 96 valence electrons. The third-order valence-electron chi connectivity index (χ3n) is 4.52. The van der Waals surface area contributed by atoms with Crippen molar-refractivity contribution in [2.24, 2.45) is 11.1 Å². The maximum atomic E-state index is 12.2. The van der Waals surface area contributed by atoms with Crippen molar-refractivity contribution in [1.82, 2.24) is 4.90 Å². The van der Waals surface area contributed by atoms with Crippen LogP contribution < -0.4 is 5.73 Å². The Morgan fingerprint density at radius 3 is 2.29 bits per heavy atom. The van der Waals surface area contributed by atoms with Crippen LogP contribution in [0.5, 0.6) is 0 Å². The van der Waals surface area contributed by atoms with Crippen molar-refractivity contribution in [2.45, 2.75) is 63.6 Å². The third kappa shape index (κ3) is 1.57. The summed E-state index contributed by atoms with van der Waals surface area (Å²) in [5, 5.41) is 0. The van der Waals surface area contributed by atoms with Gasteiger partial charge in [-0.15, -0.1) is 0 Å². The zero-order valence-electron chi connectivity index (χ0n) is 11.0. The van der Waals surface area contributed by atoms with Crippen molar-refractivity contribution < 1.29 is 9.53 Å². The van der Waals surface area contributed by atoms with Gasteiger partial charge in [-0.05, 0) is 46.5 Å². The minimum Gasteiger partial charge on any atom is -0.444 e. The highest BCUT2D eigenvalue weighted by atomic mass is 16.6. The van der Waals surface area contributed by atoms with Crippen LogP contribution in [0.2, 0.25) is 0 Å². The molecule has 0 radical (unpaired) electrons. The molecule has 0 aromatic carbocycles. The van der Waals surface area contributed by atoms with Crippen molar-refractivity contribution in [3.05, 3.63) is 0 Å². The van der Waals surface area contributed by atoms with Crippen LogP contribution >= 0.6 is 0 Å². The summed E-state index contributed by atoms with van der Waals surface area (Å²) in [7, 11) is 0. The van der Waals surface area contributed by atoms with E-state index in [4.69, 9.17) is 10.5 Å². The number of hydrogen-bond acceptors (Lipinski definition) is 3. The summed E-state index contributed by atoms with van der Waals surface area (Å²) in [5.74, 6) is 0. The average Bonchev–Trinajstić information content (AvgIpc) is 3.06. The van der Waals surface area contributed by atoms with Gasteiger partial charge in [0.1, 0.15) is 5.60 Å². The van der Waals surface area contributed by atoms with E-state index in [9.17, 15) is 4.79 Å². The molecule has 2 spiro atoms. The molecule has 0 bridgehead atoms. The summed E-state index contributed by atoms with van der Waals surface area (Å²) >= 11 is 0. The Labute approximate surface area is 102 Å². The molecule has 2 saturated carbocycles. The SMILES string of the molecule is CC(C)(C)OC(=O)N1CC2(CC2)C(N)C12CC2. The molecule has 4 heteroatoms. The molecule has 1 unspecified atom stereocenters. The monoisotopic (exact) mass is 238 g/mol. The van der Waals surface area contributed by atoms with Crippen LogP contribution in [0.15, 0.2) is 0 Å². The van der Waals surface area contributed by atoms with Crippen molar-refractivity contribution in [2.75, 3.05) is 6.54 Å². The van der Waals surface area contributed by atoms with Gasteiger partial charge in [0.05, 0.1) is 5.54 Å². The second kappa shape index (κ2) is 2.97. The standard InChI is InChI=1S/C13H22N2O2/c1-11(2,3)17-10(16)15-8-12(4-5-12)9(14)13(15)6-7-13/h9H,4-8,14H2,1-3H3. The van der Waals surface area contributed by atoms with Gasteiger partial charge in [0.15, 0.2) is 0 Å². The van der Waals surface area contributed by atoms with Crippen molar-refractivity contribution in [1.29, 1.82) is 0 Å². The lowest BCUT2D eigenvalue weighted by atomic mass is 9.95. The van der Waals surface area contributed by atoms with Crippen LogP contribution in [0.25, 0.3) is 0 Å². The molecule has 1 heterocycles. The lowest BCUT2D eigenvalue weighted by molar-refractivity contribution is 0.0192. The summed E-state index contributed by atoms with van der Waals surface area (Å²) in [4.78, 5) is 14.2. The number of ether oxygens (including phenoxy) is 1. The van der Waals surface area contributed by atoms with Gasteiger partial charge in [0.2, 0.25) is 0 Å². The number of rotatable bonds is 0. The molecule has 1 aliphatic heterocycles. The molecule has 1 amide bonds. The largest absolute Gasteiger partial charge is 0.444 e. The van der Waals surface area contributed by atoms with Crippen LogP contribution in [0.1, 0.15) is 46.5 Å². The molecule has 4 nitrogen and oxygen atoms in total. The van der Waals surface area contributed by atoms with Gasteiger partial charge in [-0.25, -0.2) is 4.79 Å². The maximum Gasteiger partial charge on any atom is 0.410 e. The summed E-state index contributed by atoms with van der Waals surface area (Å²) in [6, 6.07) is 0.169. The summed E-state index contributed by atoms with van der Waals surface area (Å²) in [5.41, 5.74) is 6.11. The fourth-order valence-electron chi connectivity index (χ4n) is 3.21. The topological polar surface area (TPSA) is 55.6 Å². The predicted molar refractivity (Wildman–Crippen MR) is 64.5 cm³/mol. The molecular weight excluding hydrogens is 216 g/mol. The summed E-state index contributed by atoms with van der Waals surface area (Å²) in [6.07, 6.45) is 4.28. The number of carbonyl (C=O) groups is 1. The van der Waals surface area contributed by atoms with E-state index in [-0.39, 0.29) is 23.1 Å². The Bertz CT molecular complexity index is 364. The van der Waals surface area contributed by atoms with Crippen LogP contribution in [-0.4, -0.2) is 34.7 Å². The highest BCUT2D eigenvalue weighted by Crippen LogP contribution is 2.64. The molecule has 0 aromatic rings. The minimum absolute atomic E-state index is 0.0567. The molecule has 2 aliphatic carbocycles. The molecule has 3 rings (SSSR count). The lowest BCUT2D eigenvalue weighted by Crippen LogP contribution is -2.47. The Morgan fingerprint density at radius 2 is 1.88 bits per heavy atom. The van der Waals surface area contributed by atoms with Gasteiger partial charge in [-0.2, -0.15) is 0 Å². The van der Waals surface area contributed by atoms with Crippen LogP contribution in [0.4, 0.5) is 4.79 Å². The molecule has 17 heavy (non-hydrogen) atoms. The molecule has 1 atom stereocenters. The smallest absolute Gasteiger partial charge is 0.410 e. The first-order chi connectivity index (χ1) is 7.79. The Morgan fingerprint density at radius 1 is 1.29 bits per heavy atom. The maximum absolute atomic E-state index is 12.2. The van der Waals surface area contributed by atoms with E-state index in [2.05, 4.69) is 0 Å². The summed E-state index contributed by atoms with van der Waals surface area (Å²) in [6.45, 7) is 6.54. The summed E-state index contributed by atoms with van der Waals surface area (Å²) < 4.78 is 5.50. The van der Waals surface area contributed by atoms with Gasteiger partial charge in [0, 0.05) is 18.0 Å². The van der Waals surface area contributed by atoms with E-state index in [1.54, 1.807) is 0 Å². The highest BCUT2D eigenvalue weighted by Gasteiger charge is 2.71.